The van der Waals surface area contributed by atoms with Crippen molar-refractivity contribution in [3.63, 3.8) is 0 Å². The third-order valence-electron chi connectivity index (χ3n) is 6.13. The number of phenols is 1. The molecule has 2 bridgehead atoms. The SMILES string of the molecule is CSC#Cc1cc(N2C3CCC2CN(c2cc(-c4ccccc4O)nnc2N)C3)ccn1. The summed E-state index contributed by atoms with van der Waals surface area (Å²) in [6, 6.07) is 14.0. The van der Waals surface area contributed by atoms with E-state index in [0.29, 0.717) is 29.2 Å². The maximum Gasteiger partial charge on any atom is 0.169 e. The van der Waals surface area contributed by atoms with Gasteiger partial charge in [0.1, 0.15) is 11.4 Å². The number of rotatable bonds is 3. The van der Waals surface area contributed by atoms with E-state index in [1.165, 1.54) is 17.4 Å². The summed E-state index contributed by atoms with van der Waals surface area (Å²) in [7, 11) is 0. The van der Waals surface area contributed by atoms with Gasteiger partial charge >= 0.3 is 0 Å². The third kappa shape index (κ3) is 3.80. The summed E-state index contributed by atoms with van der Waals surface area (Å²) in [4.78, 5) is 9.20. The Kier molecular flexibility index (Phi) is 5.50. The van der Waals surface area contributed by atoms with E-state index in [1.807, 2.05) is 30.7 Å². The fourth-order valence-corrected chi connectivity index (χ4v) is 4.95. The molecule has 0 spiro atoms. The molecule has 162 valence electrons. The Labute approximate surface area is 191 Å². The topological polar surface area (TPSA) is 91.4 Å². The summed E-state index contributed by atoms with van der Waals surface area (Å²) in [5, 5.41) is 21.7. The maximum atomic E-state index is 10.2. The molecule has 2 saturated heterocycles. The first-order valence-corrected chi connectivity index (χ1v) is 11.8. The van der Waals surface area contributed by atoms with Crippen LogP contribution in [0, 0.1) is 11.2 Å². The molecule has 1 aromatic carbocycles. The number of thioether (sulfide) groups is 1. The fraction of sp³-hybridized carbons (Fsp3) is 0.292. The van der Waals surface area contributed by atoms with Gasteiger partial charge in [-0.15, -0.1) is 10.2 Å². The van der Waals surface area contributed by atoms with Crippen molar-refractivity contribution in [1.82, 2.24) is 15.2 Å². The molecule has 4 heterocycles. The molecule has 2 aromatic heterocycles. The zero-order valence-corrected chi connectivity index (χ0v) is 18.6. The number of piperazine rings is 1. The van der Waals surface area contributed by atoms with Gasteiger partial charge in [-0.2, -0.15) is 0 Å². The Balaban J connectivity index is 1.42. The van der Waals surface area contributed by atoms with Crippen molar-refractivity contribution in [3.05, 3.63) is 54.4 Å². The van der Waals surface area contributed by atoms with Crippen LogP contribution >= 0.6 is 11.8 Å². The number of nitrogens with two attached hydrogens (primary N) is 1. The van der Waals surface area contributed by atoms with E-state index in [0.717, 1.165) is 37.3 Å². The van der Waals surface area contributed by atoms with Gasteiger partial charge in [0.25, 0.3) is 0 Å². The monoisotopic (exact) mass is 444 g/mol. The van der Waals surface area contributed by atoms with Crippen LogP contribution in [0.2, 0.25) is 0 Å². The normalized spacial score (nSPS) is 19.5. The number of aromatic hydroxyl groups is 1. The number of fused-ring (bicyclic) bond motifs is 2. The zero-order chi connectivity index (χ0) is 22.1. The number of pyridine rings is 1. The molecule has 2 aliphatic heterocycles. The quantitative estimate of drug-likeness (QED) is 0.595. The highest BCUT2D eigenvalue weighted by atomic mass is 32.2. The maximum absolute atomic E-state index is 10.2. The second-order valence-electron chi connectivity index (χ2n) is 8.04. The lowest BCUT2D eigenvalue weighted by Gasteiger charge is -2.43. The number of para-hydroxylation sites is 1. The Hall–Kier alpha value is -3.44. The summed E-state index contributed by atoms with van der Waals surface area (Å²) in [6.45, 7) is 1.70. The van der Waals surface area contributed by atoms with E-state index in [-0.39, 0.29) is 5.75 Å². The van der Waals surface area contributed by atoms with Crippen molar-refractivity contribution in [2.75, 3.05) is 34.9 Å². The molecule has 0 aliphatic carbocycles. The molecule has 2 fully saturated rings. The standard InChI is InChI=1S/C24H24N6OS/c1-32-11-9-16-12-17(8-10-26-16)30-18-6-7-19(30)15-29(14-18)22-13-21(27-28-24(22)25)20-4-2-3-5-23(20)31/h2-5,8,10,12-13,18-19,31H,6-7,14-15H2,1H3,(H2,25,28). The highest BCUT2D eigenvalue weighted by Crippen LogP contribution is 2.38. The molecule has 8 heteroatoms. The van der Waals surface area contributed by atoms with Crippen molar-refractivity contribution in [2.45, 2.75) is 24.9 Å². The van der Waals surface area contributed by atoms with Crippen LogP contribution < -0.4 is 15.5 Å². The number of benzene rings is 1. The number of anilines is 3. The number of nitrogen functional groups attached to an aromatic ring is 1. The minimum Gasteiger partial charge on any atom is -0.507 e. The van der Waals surface area contributed by atoms with Crippen molar-refractivity contribution in [1.29, 1.82) is 0 Å². The lowest BCUT2D eigenvalue weighted by atomic mass is 10.1. The van der Waals surface area contributed by atoms with Gasteiger partial charge in [-0.3, -0.25) is 0 Å². The lowest BCUT2D eigenvalue weighted by Crippen LogP contribution is -2.54. The third-order valence-corrected chi connectivity index (χ3v) is 6.43. The van der Waals surface area contributed by atoms with Gasteiger partial charge in [0, 0.05) is 42.6 Å². The minimum absolute atomic E-state index is 0.181. The molecule has 7 nitrogen and oxygen atoms in total. The van der Waals surface area contributed by atoms with E-state index in [2.05, 4.69) is 48.3 Å². The van der Waals surface area contributed by atoms with Gasteiger partial charge in [0.15, 0.2) is 5.82 Å². The van der Waals surface area contributed by atoms with Crippen LogP contribution in [0.5, 0.6) is 5.75 Å². The van der Waals surface area contributed by atoms with Crippen molar-refractivity contribution < 1.29 is 5.11 Å². The van der Waals surface area contributed by atoms with Crippen LogP contribution in [0.3, 0.4) is 0 Å². The predicted octanol–water partition coefficient (Wildman–Crippen LogP) is 3.36. The molecule has 5 rings (SSSR count). The molecular formula is C24H24N6OS. The lowest BCUT2D eigenvalue weighted by molar-refractivity contribution is 0.477. The summed E-state index contributed by atoms with van der Waals surface area (Å²) in [6.07, 6.45) is 6.05. The number of aromatic nitrogens is 3. The summed E-state index contributed by atoms with van der Waals surface area (Å²) < 4.78 is 0. The van der Waals surface area contributed by atoms with Gasteiger partial charge < -0.3 is 20.6 Å². The van der Waals surface area contributed by atoms with Crippen LogP contribution in [0.25, 0.3) is 11.3 Å². The Morgan fingerprint density at radius 1 is 1.09 bits per heavy atom. The first kappa shape index (κ1) is 20.5. The Morgan fingerprint density at radius 3 is 2.62 bits per heavy atom. The van der Waals surface area contributed by atoms with E-state index in [4.69, 9.17) is 5.73 Å². The van der Waals surface area contributed by atoms with E-state index in [9.17, 15) is 5.11 Å². The first-order valence-electron chi connectivity index (χ1n) is 10.6. The van der Waals surface area contributed by atoms with Crippen LogP contribution in [0.15, 0.2) is 48.7 Å². The zero-order valence-electron chi connectivity index (χ0n) is 17.8. The predicted molar refractivity (Wildman–Crippen MR) is 130 cm³/mol. The second kappa shape index (κ2) is 8.60. The molecule has 3 N–H and O–H groups in total. The average molecular weight is 445 g/mol. The molecule has 3 aromatic rings. The van der Waals surface area contributed by atoms with E-state index >= 15 is 0 Å². The smallest absolute Gasteiger partial charge is 0.169 e. The molecule has 0 saturated carbocycles. The van der Waals surface area contributed by atoms with Gasteiger partial charge in [-0.05, 0) is 60.6 Å². The average Bonchev–Trinajstić information content (AvgIpc) is 3.08. The van der Waals surface area contributed by atoms with Crippen LogP contribution in [0.1, 0.15) is 18.5 Å². The largest absolute Gasteiger partial charge is 0.507 e. The molecule has 2 atom stereocenters. The van der Waals surface area contributed by atoms with E-state index < -0.39 is 0 Å². The van der Waals surface area contributed by atoms with Crippen LogP contribution in [0.4, 0.5) is 17.2 Å². The number of phenolic OH excluding ortho intramolecular Hbond substituents is 1. The molecule has 32 heavy (non-hydrogen) atoms. The van der Waals surface area contributed by atoms with Crippen LogP contribution in [-0.4, -0.2) is 51.7 Å². The summed E-state index contributed by atoms with van der Waals surface area (Å²) in [5.74, 6) is 3.70. The van der Waals surface area contributed by atoms with E-state index in [1.54, 1.807) is 12.1 Å². The van der Waals surface area contributed by atoms with Gasteiger partial charge in [-0.1, -0.05) is 23.9 Å². The molecule has 2 unspecified atom stereocenters. The van der Waals surface area contributed by atoms with Gasteiger partial charge in [0.2, 0.25) is 0 Å². The highest BCUT2D eigenvalue weighted by Gasteiger charge is 2.40. The molecular weight excluding hydrogens is 420 g/mol. The van der Waals surface area contributed by atoms with Gasteiger partial charge in [0.05, 0.1) is 11.4 Å². The number of hydrogen-bond acceptors (Lipinski definition) is 8. The minimum atomic E-state index is 0.181. The number of hydrogen-bond donors (Lipinski definition) is 2. The Bertz CT molecular complexity index is 1190. The van der Waals surface area contributed by atoms with Gasteiger partial charge in [-0.25, -0.2) is 4.98 Å². The number of nitrogens with zero attached hydrogens (tertiary/aromatic N) is 5. The first-order chi connectivity index (χ1) is 15.6. The molecule has 0 amide bonds. The van der Waals surface area contributed by atoms with Crippen molar-refractivity contribution in [3.8, 4) is 28.2 Å². The van der Waals surface area contributed by atoms with Crippen molar-refractivity contribution in [2.24, 2.45) is 0 Å². The molecule has 0 radical (unpaired) electrons. The Morgan fingerprint density at radius 2 is 1.88 bits per heavy atom. The second-order valence-corrected chi connectivity index (χ2v) is 8.66. The summed E-state index contributed by atoms with van der Waals surface area (Å²) in [5.41, 5.74) is 10.4. The van der Waals surface area contributed by atoms with Crippen LogP contribution in [-0.2, 0) is 0 Å². The fourth-order valence-electron chi connectivity index (χ4n) is 4.74. The highest BCUT2D eigenvalue weighted by molar-refractivity contribution is 8.03. The summed E-state index contributed by atoms with van der Waals surface area (Å²) >= 11 is 1.49. The molecule has 2 aliphatic rings. The van der Waals surface area contributed by atoms with Crippen molar-refractivity contribution >= 4 is 29.0 Å².